The molecule has 0 amide bonds. The average molecular weight is 202 g/mol. The topological polar surface area (TPSA) is 94.5 Å². The molecule has 9 heteroatoms. The molecule has 0 aromatic rings. The van der Waals surface area contributed by atoms with Crippen LogP contribution < -0.4 is 29.6 Å². The van der Waals surface area contributed by atoms with Crippen molar-refractivity contribution in [2.24, 2.45) is 0 Å². The maximum absolute atomic E-state index is 9.23. The summed E-state index contributed by atoms with van der Waals surface area (Å²) in [5.74, 6) is 0. The van der Waals surface area contributed by atoms with E-state index in [1.54, 1.807) is 0 Å². The molecule has 0 heterocycles. The quantitative estimate of drug-likeness (QED) is 0.201. The summed E-state index contributed by atoms with van der Waals surface area (Å²) in [4.78, 5) is 0. The van der Waals surface area contributed by atoms with E-state index in [9.17, 15) is 17.2 Å². The van der Waals surface area contributed by atoms with E-state index in [0.717, 1.165) is 0 Å². The van der Waals surface area contributed by atoms with Crippen LogP contribution in [0, 0.1) is 0 Å². The van der Waals surface area contributed by atoms with Gasteiger partial charge in [0.05, 0.1) is 0 Å². The molecule has 0 aromatic carbocycles. The maximum atomic E-state index is 9.23. The second kappa shape index (κ2) is 6.10. The number of hydrogen-bond donors (Lipinski definition) is 1. The predicted octanol–water partition coefficient (Wildman–Crippen LogP) is -4.21. The fourth-order valence-corrected chi connectivity index (χ4v) is 0. The van der Waals surface area contributed by atoms with Crippen LogP contribution in [0.25, 0.3) is 0 Å². The van der Waals surface area contributed by atoms with E-state index in [0.29, 0.717) is 0 Å². The predicted molar refractivity (Wildman–Crippen MR) is 30.8 cm³/mol. The van der Waals surface area contributed by atoms with Gasteiger partial charge in [-0.1, -0.05) is 0 Å². The van der Waals surface area contributed by atoms with Crippen LogP contribution in [0.4, 0.5) is 0 Å². The Morgan fingerprint density at radius 3 is 1.56 bits per heavy atom. The van der Waals surface area contributed by atoms with Crippen molar-refractivity contribution in [2.75, 3.05) is 0 Å². The van der Waals surface area contributed by atoms with Crippen molar-refractivity contribution < 1.29 is 51.3 Å². The van der Waals surface area contributed by atoms with Crippen LogP contribution in [-0.2, 0) is 19.3 Å². The Morgan fingerprint density at radius 2 is 1.56 bits per heavy atom. The van der Waals surface area contributed by atoms with Gasteiger partial charge >= 0.3 is 29.6 Å². The fraction of sp³-hybridized carbons (Fsp3) is 0. The minimum atomic E-state index is -4.96. The molecule has 0 rings (SSSR count). The summed E-state index contributed by atoms with van der Waals surface area (Å²) in [6.45, 7) is 0. The summed E-state index contributed by atoms with van der Waals surface area (Å²) in [6, 6.07) is 0. The van der Waals surface area contributed by atoms with Gasteiger partial charge in [0.2, 0.25) is 9.15 Å². The Morgan fingerprint density at radius 1 is 1.44 bits per heavy atom. The van der Waals surface area contributed by atoms with Crippen molar-refractivity contribution in [1.29, 1.82) is 0 Å². The molecule has 0 aliphatic heterocycles. The van der Waals surface area contributed by atoms with Gasteiger partial charge in [-0.25, -0.2) is 12.6 Å². The van der Waals surface area contributed by atoms with Gasteiger partial charge in [-0.05, 0) is 0 Å². The zero-order valence-corrected chi connectivity index (χ0v) is 9.03. The molecule has 0 saturated carbocycles. The standard InChI is InChI=1S/Na.H2O5S2.H2S/c;1-6(2)7(3,4)5;/h;(H,1,2)(H,3,4,5);1H2/q+1;;/p-1. The largest absolute Gasteiger partial charge is 1.00 e. The Bertz CT molecular complexity index is 167. The Kier molecular flexibility index (Phi) is 11.4. The molecule has 0 radical (unpaired) electrons. The van der Waals surface area contributed by atoms with E-state index in [4.69, 9.17) is 4.55 Å². The van der Waals surface area contributed by atoms with Crippen molar-refractivity contribution in [3.63, 3.8) is 0 Å². The third-order valence-electron chi connectivity index (χ3n) is 0.175. The molecule has 0 saturated heterocycles. The minimum absolute atomic E-state index is 0. The normalized spacial score (nSPS) is 12.7. The monoisotopic (exact) mass is 202 g/mol. The fourth-order valence-electron chi connectivity index (χ4n) is 0. The first kappa shape index (κ1) is 16.8. The van der Waals surface area contributed by atoms with Crippen LogP contribution in [0.2, 0.25) is 0 Å². The molecule has 1 atom stereocenters. The molecule has 9 heavy (non-hydrogen) atoms. The molecule has 0 aromatic heterocycles. The summed E-state index contributed by atoms with van der Waals surface area (Å²) in [7, 11) is -8.23. The van der Waals surface area contributed by atoms with Crippen molar-refractivity contribution in [2.45, 2.75) is 0 Å². The first-order chi connectivity index (χ1) is 2.94. The molecule has 0 aliphatic rings. The molecule has 0 bridgehead atoms. The zero-order valence-electron chi connectivity index (χ0n) is 4.40. The molecule has 0 spiro atoms. The van der Waals surface area contributed by atoms with Gasteiger partial charge < -0.3 is 4.55 Å². The van der Waals surface area contributed by atoms with E-state index < -0.39 is 19.3 Å². The van der Waals surface area contributed by atoms with Crippen molar-refractivity contribution in [1.82, 2.24) is 0 Å². The van der Waals surface area contributed by atoms with Crippen LogP contribution in [-0.4, -0.2) is 21.7 Å². The second-order valence-corrected chi connectivity index (χ2v) is 3.96. The second-order valence-electron chi connectivity index (χ2n) is 0.625. The molecule has 1 N–H and O–H groups in total. The maximum Gasteiger partial charge on any atom is 1.00 e. The van der Waals surface area contributed by atoms with E-state index in [1.807, 2.05) is 0 Å². The van der Waals surface area contributed by atoms with Gasteiger partial charge in [-0.15, -0.1) is 0 Å². The van der Waals surface area contributed by atoms with E-state index >= 15 is 0 Å². The van der Waals surface area contributed by atoms with Gasteiger partial charge in [0.15, 0.2) is 0 Å². The molecule has 52 valence electrons. The smallest absolute Gasteiger partial charge is 0.736 e. The van der Waals surface area contributed by atoms with Crippen LogP contribution in [0.3, 0.4) is 0 Å². The molecule has 0 fully saturated rings. The third kappa shape index (κ3) is 9.37. The summed E-state index contributed by atoms with van der Waals surface area (Å²) < 4.78 is 44.4. The molecular weight excluding hydrogens is 199 g/mol. The first-order valence-corrected chi connectivity index (χ1v) is 4.05. The zero-order chi connectivity index (χ0) is 6.08. The van der Waals surface area contributed by atoms with Crippen molar-refractivity contribution in [3.05, 3.63) is 0 Å². The van der Waals surface area contributed by atoms with Gasteiger partial charge in [0.1, 0.15) is 0 Å². The summed E-state index contributed by atoms with van der Waals surface area (Å²) in [5, 5.41) is 0. The van der Waals surface area contributed by atoms with E-state index in [1.165, 1.54) is 0 Å². The minimum Gasteiger partial charge on any atom is -0.736 e. The first-order valence-electron chi connectivity index (χ1n) is 1.02. The summed E-state index contributed by atoms with van der Waals surface area (Å²) in [6.07, 6.45) is 0. The summed E-state index contributed by atoms with van der Waals surface area (Å²) in [5.41, 5.74) is 0. The summed E-state index contributed by atoms with van der Waals surface area (Å²) >= 11 is 0. The van der Waals surface area contributed by atoms with Gasteiger partial charge in [0, 0.05) is 0 Å². The van der Waals surface area contributed by atoms with Crippen molar-refractivity contribution >= 4 is 32.8 Å². The number of rotatable bonds is 1. The SMILES string of the molecule is O=S(O)S(=O)(=O)[O-].S.[Na+]. The Balaban J connectivity index is -0.000000180. The Hall–Kier alpha value is 1.37. The van der Waals surface area contributed by atoms with Crippen molar-refractivity contribution in [3.8, 4) is 0 Å². The molecule has 5 nitrogen and oxygen atoms in total. The van der Waals surface area contributed by atoms with Crippen LogP contribution in [0.1, 0.15) is 0 Å². The van der Waals surface area contributed by atoms with Gasteiger partial charge in [-0.3, -0.25) is 4.55 Å². The molecule has 0 aliphatic carbocycles. The number of hydrogen-bond acceptors (Lipinski definition) is 4. The van der Waals surface area contributed by atoms with E-state index in [2.05, 4.69) is 0 Å². The molecular formula is H3NaO5S3. The van der Waals surface area contributed by atoms with Gasteiger partial charge in [0.25, 0.3) is 10.1 Å². The van der Waals surface area contributed by atoms with E-state index in [-0.39, 0.29) is 43.1 Å². The van der Waals surface area contributed by atoms with Crippen LogP contribution in [0.5, 0.6) is 0 Å². The molecule has 1 unspecified atom stereocenters. The van der Waals surface area contributed by atoms with Crippen LogP contribution >= 0.6 is 13.5 Å². The van der Waals surface area contributed by atoms with Gasteiger partial charge in [-0.2, -0.15) is 13.5 Å². The van der Waals surface area contributed by atoms with Crippen LogP contribution in [0.15, 0.2) is 0 Å². The Labute approximate surface area is 83.4 Å². The average Bonchev–Trinajstić information content (AvgIpc) is 1.31. The third-order valence-corrected chi connectivity index (χ3v) is 1.57.